The number of rotatable bonds is 2. The number of benzene rings is 1. The van der Waals surface area contributed by atoms with Gasteiger partial charge in [-0.25, -0.2) is 9.97 Å². The van der Waals surface area contributed by atoms with Gasteiger partial charge >= 0.3 is 0 Å². The predicted octanol–water partition coefficient (Wildman–Crippen LogP) is 3.34. The molecule has 6 heteroatoms. The predicted molar refractivity (Wildman–Crippen MR) is 90.1 cm³/mol. The van der Waals surface area contributed by atoms with Gasteiger partial charge in [-0.1, -0.05) is 12.1 Å². The molecule has 122 valence electrons. The standard InChI is InChI=1S/C18H18N4O2/c1-11-19-8-15(24-11)12-5-6-13-14(7-12)22(17(23)18(13,2)3)16-9-21(4)10-20-16/h5-10H,1-4H3. The largest absolute Gasteiger partial charge is 0.441 e. The third-order valence-corrected chi connectivity index (χ3v) is 4.48. The summed E-state index contributed by atoms with van der Waals surface area (Å²) in [5, 5.41) is 0. The van der Waals surface area contributed by atoms with E-state index in [0.717, 1.165) is 16.8 Å². The van der Waals surface area contributed by atoms with E-state index in [4.69, 9.17) is 4.42 Å². The van der Waals surface area contributed by atoms with Crippen molar-refractivity contribution in [1.29, 1.82) is 0 Å². The lowest BCUT2D eigenvalue weighted by molar-refractivity contribution is -0.121. The van der Waals surface area contributed by atoms with Gasteiger partial charge < -0.3 is 8.98 Å². The number of aryl methyl sites for hydroxylation is 2. The van der Waals surface area contributed by atoms with Crippen LogP contribution in [-0.2, 0) is 17.3 Å². The molecule has 1 amide bonds. The lowest BCUT2D eigenvalue weighted by atomic mass is 9.86. The highest BCUT2D eigenvalue weighted by Crippen LogP contribution is 2.46. The summed E-state index contributed by atoms with van der Waals surface area (Å²) in [5.74, 6) is 1.94. The van der Waals surface area contributed by atoms with Gasteiger partial charge in [-0.3, -0.25) is 9.69 Å². The Labute approximate surface area is 139 Å². The fraction of sp³-hybridized carbons (Fsp3) is 0.278. The van der Waals surface area contributed by atoms with E-state index in [1.54, 1.807) is 17.4 Å². The van der Waals surface area contributed by atoms with Crippen LogP contribution in [0.25, 0.3) is 11.3 Å². The summed E-state index contributed by atoms with van der Waals surface area (Å²) in [6, 6.07) is 5.93. The fourth-order valence-electron chi connectivity index (χ4n) is 3.14. The topological polar surface area (TPSA) is 64.2 Å². The van der Waals surface area contributed by atoms with Gasteiger partial charge in [0, 0.05) is 25.7 Å². The minimum absolute atomic E-state index is 0.0158. The molecular weight excluding hydrogens is 304 g/mol. The second-order valence-corrected chi connectivity index (χ2v) is 6.64. The van der Waals surface area contributed by atoms with Gasteiger partial charge in [-0.15, -0.1) is 0 Å². The summed E-state index contributed by atoms with van der Waals surface area (Å²) in [5.41, 5.74) is 2.12. The summed E-state index contributed by atoms with van der Waals surface area (Å²) in [6.07, 6.45) is 5.23. The van der Waals surface area contributed by atoms with Crippen LogP contribution in [0.1, 0.15) is 25.3 Å². The molecule has 6 nitrogen and oxygen atoms in total. The molecule has 1 aliphatic rings. The Morgan fingerprint density at radius 3 is 2.62 bits per heavy atom. The average molecular weight is 322 g/mol. The Morgan fingerprint density at radius 2 is 2.00 bits per heavy atom. The van der Waals surface area contributed by atoms with E-state index in [-0.39, 0.29) is 5.91 Å². The highest BCUT2D eigenvalue weighted by molar-refractivity contribution is 6.12. The van der Waals surface area contributed by atoms with Crippen molar-refractivity contribution in [2.45, 2.75) is 26.2 Å². The molecular formula is C18H18N4O2. The molecule has 4 rings (SSSR count). The Morgan fingerprint density at radius 1 is 1.21 bits per heavy atom. The molecule has 2 aromatic heterocycles. The smallest absolute Gasteiger partial charge is 0.242 e. The molecule has 3 heterocycles. The molecule has 1 aliphatic heterocycles. The molecule has 1 aromatic carbocycles. The second-order valence-electron chi connectivity index (χ2n) is 6.64. The lowest BCUT2D eigenvalue weighted by Crippen LogP contribution is -2.33. The van der Waals surface area contributed by atoms with E-state index in [2.05, 4.69) is 9.97 Å². The van der Waals surface area contributed by atoms with E-state index >= 15 is 0 Å². The van der Waals surface area contributed by atoms with Gasteiger partial charge in [0.2, 0.25) is 5.91 Å². The third-order valence-electron chi connectivity index (χ3n) is 4.48. The number of carbonyl (C=O) groups is 1. The molecule has 0 fully saturated rings. The van der Waals surface area contributed by atoms with Crippen LogP contribution in [0.3, 0.4) is 0 Å². The minimum atomic E-state index is -0.595. The number of aromatic nitrogens is 3. The van der Waals surface area contributed by atoms with Crippen LogP contribution in [0.15, 0.2) is 41.3 Å². The summed E-state index contributed by atoms with van der Waals surface area (Å²) in [4.78, 5) is 23.2. The van der Waals surface area contributed by atoms with Crippen molar-refractivity contribution in [3.05, 3.63) is 48.4 Å². The number of imidazole rings is 1. The van der Waals surface area contributed by atoms with Gasteiger partial charge in [-0.05, 0) is 25.5 Å². The van der Waals surface area contributed by atoms with Gasteiger partial charge in [0.1, 0.15) is 0 Å². The molecule has 0 saturated heterocycles. The summed E-state index contributed by atoms with van der Waals surface area (Å²) < 4.78 is 7.45. The Balaban J connectivity index is 1.90. The molecule has 0 atom stereocenters. The number of anilines is 2. The molecule has 0 aliphatic carbocycles. The first-order valence-corrected chi connectivity index (χ1v) is 7.78. The fourth-order valence-corrected chi connectivity index (χ4v) is 3.14. The van der Waals surface area contributed by atoms with Gasteiger partial charge in [0.05, 0.1) is 23.6 Å². The van der Waals surface area contributed by atoms with Crippen molar-refractivity contribution in [2.75, 3.05) is 4.90 Å². The van der Waals surface area contributed by atoms with Crippen LogP contribution >= 0.6 is 0 Å². The van der Waals surface area contributed by atoms with Crippen LogP contribution in [0.5, 0.6) is 0 Å². The second kappa shape index (κ2) is 4.80. The number of hydrogen-bond acceptors (Lipinski definition) is 4. The van der Waals surface area contributed by atoms with E-state index in [0.29, 0.717) is 17.5 Å². The van der Waals surface area contributed by atoms with E-state index < -0.39 is 5.41 Å². The molecule has 0 N–H and O–H groups in total. The Bertz CT molecular complexity index is 952. The maximum atomic E-state index is 13.0. The van der Waals surface area contributed by atoms with Crippen molar-refractivity contribution < 1.29 is 9.21 Å². The first-order valence-electron chi connectivity index (χ1n) is 7.78. The quantitative estimate of drug-likeness (QED) is 0.726. The van der Waals surface area contributed by atoms with E-state index in [1.165, 1.54) is 0 Å². The number of carbonyl (C=O) groups excluding carboxylic acids is 1. The van der Waals surface area contributed by atoms with Crippen molar-refractivity contribution in [3.63, 3.8) is 0 Å². The third kappa shape index (κ3) is 1.99. The zero-order chi connectivity index (χ0) is 17.1. The highest BCUT2D eigenvalue weighted by Gasteiger charge is 2.45. The normalized spacial score (nSPS) is 15.8. The van der Waals surface area contributed by atoms with E-state index in [9.17, 15) is 4.79 Å². The summed E-state index contributed by atoms with van der Waals surface area (Å²) in [6.45, 7) is 5.69. The van der Waals surface area contributed by atoms with Gasteiger partial charge in [-0.2, -0.15) is 0 Å². The van der Waals surface area contributed by atoms with Crippen LogP contribution in [0.4, 0.5) is 11.5 Å². The first kappa shape index (κ1) is 14.7. The van der Waals surface area contributed by atoms with Crippen LogP contribution < -0.4 is 4.90 Å². The number of hydrogen-bond donors (Lipinski definition) is 0. The molecule has 24 heavy (non-hydrogen) atoms. The number of fused-ring (bicyclic) bond motifs is 1. The van der Waals surface area contributed by atoms with E-state index in [1.807, 2.05) is 56.8 Å². The zero-order valence-corrected chi connectivity index (χ0v) is 14.1. The van der Waals surface area contributed by atoms with Crippen molar-refractivity contribution in [3.8, 4) is 11.3 Å². The van der Waals surface area contributed by atoms with Crippen LogP contribution in [0.2, 0.25) is 0 Å². The van der Waals surface area contributed by atoms with Crippen LogP contribution in [-0.4, -0.2) is 20.4 Å². The molecule has 0 spiro atoms. The van der Waals surface area contributed by atoms with Crippen molar-refractivity contribution in [2.24, 2.45) is 7.05 Å². The van der Waals surface area contributed by atoms with Gasteiger partial charge in [0.15, 0.2) is 17.5 Å². The zero-order valence-electron chi connectivity index (χ0n) is 14.1. The molecule has 0 saturated carbocycles. The van der Waals surface area contributed by atoms with Crippen molar-refractivity contribution in [1.82, 2.24) is 14.5 Å². The minimum Gasteiger partial charge on any atom is -0.441 e. The Kier molecular flexibility index (Phi) is 2.94. The summed E-state index contributed by atoms with van der Waals surface area (Å²) >= 11 is 0. The first-order chi connectivity index (χ1) is 11.4. The number of nitrogens with zero attached hydrogens (tertiary/aromatic N) is 4. The monoisotopic (exact) mass is 322 g/mol. The lowest BCUT2D eigenvalue weighted by Gasteiger charge is -2.18. The molecule has 0 radical (unpaired) electrons. The SMILES string of the molecule is Cc1ncc(-c2ccc3c(c2)N(c2cn(C)cn2)C(=O)C3(C)C)o1. The molecule has 3 aromatic rings. The summed E-state index contributed by atoms with van der Waals surface area (Å²) in [7, 11) is 1.89. The number of oxazole rings is 1. The van der Waals surface area contributed by atoms with Crippen molar-refractivity contribution >= 4 is 17.4 Å². The average Bonchev–Trinajstić information content (AvgIpc) is 3.20. The maximum Gasteiger partial charge on any atom is 0.242 e. The highest BCUT2D eigenvalue weighted by atomic mass is 16.4. The molecule has 0 bridgehead atoms. The van der Waals surface area contributed by atoms with Gasteiger partial charge in [0.25, 0.3) is 0 Å². The van der Waals surface area contributed by atoms with Crippen LogP contribution in [0, 0.1) is 6.92 Å². The maximum absolute atomic E-state index is 13.0. The molecule has 0 unspecified atom stereocenters. The number of amides is 1. The Hall–Kier alpha value is -2.89.